The maximum atomic E-state index is 5.96. The quantitative estimate of drug-likeness (QED) is 0.221. The first-order valence-corrected chi connectivity index (χ1v) is 17.7. The molecule has 3 aliphatic rings. The lowest BCUT2D eigenvalue weighted by molar-refractivity contribution is 0.00578. The minimum atomic E-state index is -0.476. The molecular formula is C32H54B3Br2IN2O8. The van der Waals surface area contributed by atoms with E-state index in [9.17, 15) is 0 Å². The fraction of sp³-hybridized carbons (Fsp3) is 0.688. The molecule has 48 heavy (non-hydrogen) atoms. The highest BCUT2D eigenvalue weighted by molar-refractivity contribution is 14.1. The molecule has 270 valence electrons. The molecule has 0 atom stereocenters. The largest absolute Gasteiger partial charge is 0.496 e. The van der Waals surface area contributed by atoms with Gasteiger partial charge in [-0.1, -0.05) is 14.9 Å². The molecule has 2 aromatic rings. The van der Waals surface area contributed by atoms with Crippen LogP contribution in [0.4, 0.5) is 0 Å². The minimum Gasteiger partial charge on any atom is -0.480 e. The van der Waals surface area contributed by atoms with Gasteiger partial charge in [-0.25, -0.2) is 9.97 Å². The zero-order valence-electron chi connectivity index (χ0n) is 29.3. The number of hydrogen-bond donors (Lipinski definition) is 0. The van der Waals surface area contributed by atoms with Crippen molar-refractivity contribution in [2.24, 2.45) is 0 Å². The van der Waals surface area contributed by atoms with Crippen LogP contribution >= 0.6 is 54.5 Å². The Morgan fingerprint density at radius 1 is 0.562 bits per heavy atom. The van der Waals surface area contributed by atoms with Gasteiger partial charge in [0.1, 0.15) is 0 Å². The summed E-state index contributed by atoms with van der Waals surface area (Å²) in [6.07, 6.45) is 3.47. The predicted molar refractivity (Wildman–Crippen MR) is 211 cm³/mol. The number of ether oxygens (including phenoxy) is 2. The lowest BCUT2D eigenvalue weighted by atomic mass is 9.49. The van der Waals surface area contributed by atoms with Crippen LogP contribution in [-0.2, 0) is 27.9 Å². The summed E-state index contributed by atoms with van der Waals surface area (Å²) in [5.41, 5.74) is -1.25. The number of halogens is 3. The van der Waals surface area contributed by atoms with Gasteiger partial charge in [-0.3, -0.25) is 0 Å². The van der Waals surface area contributed by atoms with Crippen molar-refractivity contribution in [1.82, 2.24) is 9.97 Å². The van der Waals surface area contributed by atoms with Crippen LogP contribution in [-0.4, -0.2) is 78.9 Å². The molecule has 3 aliphatic heterocycles. The molecule has 0 amide bonds. The second-order valence-electron chi connectivity index (χ2n) is 14.2. The molecule has 0 saturated carbocycles. The van der Waals surface area contributed by atoms with Gasteiger partial charge in [0.2, 0.25) is 11.8 Å². The SMILES string of the molecule is C.C.CC1(C)OB(B2OC(C)(C)C(C)(C)O2)OC1(C)C.COc1ncc(B2OC(C)(C)C(C)(C)O2)cc1Br.COc1ncc(I)cc1Br. The average molecular weight is 914 g/mol. The van der Waals surface area contributed by atoms with Crippen molar-refractivity contribution in [1.29, 1.82) is 0 Å². The van der Waals surface area contributed by atoms with E-state index in [0.717, 1.165) is 18.0 Å². The van der Waals surface area contributed by atoms with Crippen LogP contribution in [0.5, 0.6) is 11.8 Å². The summed E-state index contributed by atoms with van der Waals surface area (Å²) < 4.78 is 48.6. The van der Waals surface area contributed by atoms with Crippen molar-refractivity contribution in [3.05, 3.63) is 37.0 Å². The molecule has 10 nitrogen and oxygen atoms in total. The number of methoxy groups -OCH3 is 2. The van der Waals surface area contributed by atoms with Gasteiger partial charge < -0.3 is 37.4 Å². The van der Waals surface area contributed by atoms with E-state index >= 15 is 0 Å². The first kappa shape index (κ1) is 45.6. The Balaban J connectivity index is 0.000000367. The molecule has 3 fully saturated rings. The molecule has 0 N–H and O–H groups in total. The molecular weight excluding hydrogens is 860 g/mol. The Kier molecular flexibility index (Phi) is 15.6. The van der Waals surface area contributed by atoms with Crippen LogP contribution in [0.1, 0.15) is 97.9 Å². The zero-order chi connectivity index (χ0) is 35.1. The molecule has 16 heteroatoms. The molecule has 5 rings (SSSR count). The van der Waals surface area contributed by atoms with E-state index in [-0.39, 0.29) is 48.5 Å². The summed E-state index contributed by atoms with van der Waals surface area (Å²) in [4.78, 5) is 8.23. The molecule has 0 aromatic carbocycles. The van der Waals surface area contributed by atoms with Gasteiger partial charge >= 0.3 is 21.1 Å². The van der Waals surface area contributed by atoms with E-state index in [0.29, 0.717) is 11.8 Å². The third-order valence-corrected chi connectivity index (χ3v) is 11.0. The molecule has 0 radical (unpaired) electrons. The van der Waals surface area contributed by atoms with E-state index in [4.69, 9.17) is 37.4 Å². The van der Waals surface area contributed by atoms with E-state index in [1.807, 2.05) is 95.2 Å². The summed E-state index contributed by atoms with van der Waals surface area (Å²) in [5.74, 6) is 1.18. The summed E-state index contributed by atoms with van der Waals surface area (Å²) in [7, 11) is 1.83. The number of pyridine rings is 2. The minimum absolute atomic E-state index is 0. The van der Waals surface area contributed by atoms with Gasteiger partial charge in [0.15, 0.2) is 0 Å². The van der Waals surface area contributed by atoms with Gasteiger partial charge in [0.05, 0.1) is 56.8 Å². The highest BCUT2D eigenvalue weighted by Gasteiger charge is 2.63. The van der Waals surface area contributed by atoms with Crippen LogP contribution in [0.25, 0.3) is 0 Å². The third-order valence-electron chi connectivity index (χ3n) is 9.28. The number of hydrogen-bond acceptors (Lipinski definition) is 10. The second kappa shape index (κ2) is 16.5. The maximum Gasteiger partial charge on any atom is 0.496 e. The van der Waals surface area contributed by atoms with Crippen molar-refractivity contribution < 1.29 is 37.4 Å². The highest BCUT2D eigenvalue weighted by Crippen LogP contribution is 2.43. The first-order valence-electron chi connectivity index (χ1n) is 15.0. The van der Waals surface area contributed by atoms with Crippen LogP contribution in [0.2, 0.25) is 0 Å². The van der Waals surface area contributed by atoms with Crippen LogP contribution in [0, 0.1) is 3.57 Å². The Labute approximate surface area is 321 Å². The van der Waals surface area contributed by atoms with Gasteiger partial charge in [-0.05, 0) is 150 Å². The average Bonchev–Trinajstić information content (AvgIpc) is 3.38. The Hall–Kier alpha value is -0.455. The predicted octanol–water partition coefficient (Wildman–Crippen LogP) is 8.13. The number of rotatable bonds is 4. The molecule has 3 saturated heterocycles. The molecule has 0 unspecified atom stereocenters. The zero-order valence-corrected chi connectivity index (χ0v) is 34.7. The lowest BCUT2D eigenvalue weighted by Gasteiger charge is -2.32. The molecule has 0 bridgehead atoms. The molecule has 0 spiro atoms. The van der Waals surface area contributed by atoms with Crippen LogP contribution in [0.3, 0.4) is 0 Å². The summed E-state index contributed by atoms with van der Waals surface area (Å²) in [6, 6.07) is 3.86. The fourth-order valence-corrected chi connectivity index (χ4v) is 6.17. The van der Waals surface area contributed by atoms with Gasteiger partial charge in [0.25, 0.3) is 0 Å². The molecule has 5 heterocycles. The van der Waals surface area contributed by atoms with Gasteiger partial charge in [0, 0.05) is 21.4 Å². The van der Waals surface area contributed by atoms with E-state index in [2.05, 4.69) is 64.4 Å². The number of nitrogens with zero attached hydrogens (tertiary/aromatic N) is 2. The maximum absolute atomic E-state index is 5.96. The van der Waals surface area contributed by atoms with Crippen molar-refractivity contribution >= 4 is 81.1 Å². The van der Waals surface area contributed by atoms with Crippen molar-refractivity contribution in [3.8, 4) is 11.8 Å². The van der Waals surface area contributed by atoms with Crippen LogP contribution in [0.15, 0.2) is 33.5 Å². The van der Waals surface area contributed by atoms with Crippen molar-refractivity contribution in [2.75, 3.05) is 14.2 Å². The van der Waals surface area contributed by atoms with E-state index < -0.39 is 21.1 Å². The summed E-state index contributed by atoms with van der Waals surface area (Å²) >= 11 is 8.92. The third kappa shape index (κ3) is 10.1. The highest BCUT2D eigenvalue weighted by atomic mass is 127. The monoisotopic (exact) mass is 912 g/mol. The van der Waals surface area contributed by atoms with E-state index in [1.165, 1.54) is 0 Å². The number of aromatic nitrogens is 2. The topological polar surface area (TPSA) is 99.6 Å². The van der Waals surface area contributed by atoms with Crippen LogP contribution < -0.4 is 14.9 Å². The molecule has 2 aromatic heterocycles. The van der Waals surface area contributed by atoms with E-state index in [1.54, 1.807) is 26.6 Å². The first-order chi connectivity index (χ1) is 20.9. The fourth-order valence-electron chi connectivity index (χ4n) is 4.25. The Morgan fingerprint density at radius 2 is 0.875 bits per heavy atom. The molecule has 0 aliphatic carbocycles. The smallest absolute Gasteiger partial charge is 0.480 e. The van der Waals surface area contributed by atoms with Gasteiger partial charge in [-0.15, -0.1) is 0 Å². The standard InChI is InChI=1S/C12H24B2O4.C12H17BBrNO3.C6H5BrINO.2CH4/c1-9(2)10(3,4)16-13(15-9)14-17-11(5,6)12(7,8)18-14;1-11(2)12(3,4)18-13(17-11)8-6-9(14)10(16-5)15-7-8;1-10-6-5(7)2-4(8)3-9-6;;/h1-8H3;6-7H,1-5H3;2-3H,1H3;2*1H4. The van der Waals surface area contributed by atoms with Crippen molar-refractivity contribution in [2.45, 2.75) is 132 Å². The Morgan fingerprint density at radius 3 is 1.19 bits per heavy atom. The normalized spacial score (nSPS) is 21.9. The Bertz CT molecular complexity index is 1300. The summed E-state index contributed by atoms with van der Waals surface area (Å²) in [6.45, 7) is 24.3. The van der Waals surface area contributed by atoms with Crippen molar-refractivity contribution in [3.63, 3.8) is 0 Å². The second-order valence-corrected chi connectivity index (χ2v) is 17.2. The summed E-state index contributed by atoms with van der Waals surface area (Å²) in [5, 5.41) is 0. The lowest BCUT2D eigenvalue weighted by Crippen LogP contribution is -2.41. The van der Waals surface area contributed by atoms with Gasteiger partial charge in [-0.2, -0.15) is 0 Å².